The van der Waals surface area contributed by atoms with E-state index in [1.165, 1.54) is 0 Å². The number of fused-ring (bicyclic) bond motifs is 1. The first-order valence-corrected chi connectivity index (χ1v) is 6.86. The molecule has 118 valence electrons. The largest absolute Gasteiger partial charge is 0.411 e. The molecule has 8 heteroatoms. The van der Waals surface area contributed by atoms with Crippen LogP contribution in [0.4, 0.5) is 13.2 Å². The predicted molar refractivity (Wildman–Crippen MR) is 69.1 cm³/mol. The van der Waals surface area contributed by atoms with E-state index >= 15 is 0 Å². The molecule has 2 rings (SSSR count). The highest BCUT2D eigenvalue weighted by Gasteiger charge is 2.27. The molecule has 1 aromatic heterocycles. The monoisotopic (exact) mass is 305 g/mol. The van der Waals surface area contributed by atoms with E-state index in [2.05, 4.69) is 15.2 Å². The van der Waals surface area contributed by atoms with Gasteiger partial charge in [0.25, 0.3) is 5.91 Å². The SMILES string of the molecule is Cn1nc(C(=O)NCCOCC(F)(F)F)c2c1CCCC2. The first-order valence-electron chi connectivity index (χ1n) is 6.86. The minimum absolute atomic E-state index is 0.0280. The topological polar surface area (TPSA) is 56.2 Å². The summed E-state index contributed by atoms with van der Waals surface area (Å²) in [6.07, 6.45) is -0.520. The Balaban J connectivity index is 1.84. The number of carbonyl (C=O) groups excluding carboxylic acids is 1. The van der Waals surface area contributed by atoms with Gasteiger partial charge in [0.05, 0.1) is 6.61 Å². The molecule has 1 aliphatic rings. The number of carbonyl (C=O) groups is 1. The lowest BCUT2D eigenvalue weighted by molar-refractivity contribution is -0.173. The van der Waals surface area contributed by atoms with Crippen molar-refractivity contribution >= 4 is 5.91 Å². The summed E-state index contributed by atoms with van der Waals surface area (Å²) in [6, 6.07) is 0. The molecule has 1 N–H and O–H groups in total. The fraction of sp³-hybridized carbons (Fsp3) is 0.692. The Bertz CT molecular complexity index is 511. The van der Waals surface area contributed by atoms with E-state index in [0.717, 1.165) is 36.9 Å². The molecule has 0 spiro atoms. The van der Waals surface area contributed by atoms with Gasteiger partial charge in [-0.05, 0) is 25.7 Å². The average molecular weight is 305 g/mol. The van der Waals surface area contributed by atoms with Crippen molar-refractivity contribution in [2.45, 2.75) is 31.9 Å². The maximum absolute atomic E-state index is 12.0. The fourth-order valence-corrected chi connectivity index (χ4v) is 2.46. The van der Waals surface area contributed by atoms with Crippen LogP contribution in [-0.4, -0.2) is 41.6 Å². The summed E-state index contributed by atoms with van der Waals surface area (Å²) < 4.78 is 41.8. The van der Waals surface area contributed by atoms with E-state index < -0.39 is 12.8 Å². The molecule has 0 unspecified atom stereocenters. The summed E-state index contributed by atoms with van der Waals surface area (Å²) in [7, 11) is 1.80. The predicted octanol–water partition coefficient (Wildman–Crippen LogP) is 1.61. The van der Waals surface area contributed by atoms with Crippen molar-refractivity contribution in [3.05, 3.63) is 17.0 Å². The number of alkyl halides is 3. The standard InChI is InChI=1S/C13H18F3N3O2/c1-19-10-5-3-2-4-9(10)11(18-19)12(20)17-6-7-21-8-13(14,15)16/h2-8H2,1H3,(H,17,20). The van der Waals surface area contributed by atoms with Crippen molar-refractivity contribution < 1.29 is 22.7 Å². The number of amides is 1. The Morgan fingerprint density at radius 1 is 1.38 bits per heavy atom. The second-order valence-electron chi connectivity index (χ2n) is 5.03. The molecule has 5 nitrogen and oxygen atoms in total. The number of nitrogens with zero attached hydrogens (tertiary/aromatic N) is 2. The van der Waals surface area contributed by atoms with Gasteiger partial charge < -0.3 is 10.1 Å². The highest BCUT2D eigenvalue weighted by molar-refractivity contribution is 5.94. The van der Waals surface area contributed by atoms with E-state index in [0.29, 0.717) is 5.69 Å². The minimum atomic E-state index is -4.34. The van der Waals surface area contributed by atoms with Gasteiger partial charge in [-0.2, -0.15) is 18.3 Å². The highest BCUT2D eigenvalue weighted by Crippen LogP contribution is 2.23. The van der Waals surface area contributed by atoms with E-state index in [1.54, 1.807) is 11.7 Å². The van der Waals surface area contributed by atoms with Crippen LogP contribution in [0.2, 0.25) is 0 Å². The lowest BCUT2D eigenvalue weighted by Gasteiger charge is -2.12. The Hall–Kier alpha value is -1.57. The molecule has 1 aliphatic carbocycles. The van der Waals surface area contributed by atoms with Crippen LogP contribution in [0, 0.1) is 0 Å². The van der Waals surface area contributed by atoms with Gasteiger partial charge in [-0.3, -0.25) is 9.48 Å². The van der Waals surface area contributed by atoms with Gasteiger partial charge >= 0.3 is 6.18 Å². The van der Waals surface area contributed by atoms with Gasteiger partial charge in [-0.25, -0.2) is 0 Å². The third-order valence-electron chi connectivity index (χ3n) is 3.38. The second-order valence-corrected chi connectivity index (χ2v) is 5.03. The van der Waals surface area contributed by atoms with Crippen molar-refractivity contribution in [2.24, 2.45) is 7.05 Å². The molecule has 0 fully saturated rings. The number of aryl methyl sites for hydroxylation is 1. The molecule has 1 heterocycles. The summed E-state index contributed by atoms with van der Waals surface area (Å²) >= 11 is 0. The molecule has 0 saturated carbocycles. The number of hydrogen-bond donors (Lipinski definition) is 1. The van der Waals surface area contributed by atoms with E-state index in [9.17, 15) is 18.0 Å². The van der Waals surface area contributed by atoms with Crippen LogP contribution in [0.25, 0.3) is 0 Å². The smallest absolute Gasteiger partial charge is 0.370 e. The molecular weight excluding hydrogens is 287 g/mol. The minimum Gasteiger partial charge on any atom is -0.370 e. The van der Waals surface area contributed by atoms with Gasteiger partial charge in [-0.15, -0.1) is 0 Å². The van der Waals surface area contributed by atoms with Crippen LogP contribution in [0.15, 0.2) is 0 Å². The summed E-state index contributed by atoms with van der Waals surface area (Å²) in [5.41, 5.74) is 2.40. The van der Waals surface area contributed by atoms with Crippen LogP contribution in [0.5, 0.6) is 0 Å². The van der Waals surface area contributed by atoms with Crippen LogP contribution in [0.1, 0.15) is 34.6 Å². The van der Waals surface area contributed by atoms with Gasteiger partial charge in [0.2, 0.25) is 0 Å². The maximum atomic E-state index is 12.0. The fourth-order valence-electron chi connectivity index (χ4n) is 2.46. The third-order valence-corrected chi connectivity index (χ3v) is 3.38. The maximum Gasteiger partial charge on any atom is 0.411 e. The zero-order chi connectivity index (χ0) is 15.5. The van der Waals surface area contributed by atoms with Crippen molar-refractivity contribution in [3.63, 3.8) is 0 Å². The molecule has 1 aromatic rings. The molecule has 0 bridgehead atoms. The number of nitrogens with one attached hydrogen (secondary N) is 1. The van der Waals surface area contributed by atoms with Crippen molar-refractivity contribution in [2.75, 3.05) is 19.8 Å². The van der Waals surface area contributed by atoms with Crippen molar-refractivity contribution in [1.82, 2.24) is 15.1 Å². The highest BCUT2D eigenvalue weighted by atomic mass is 19.4. The van der Waals surface area contributed by atoms with Crippen LogP contribution < -0.4 is 5.32 Å². The number of halogens is 3. The quantitative estimate of drug-likeness (QED) is 0.841. The number of aromatic nitrogens is 2. The molecule has 0 saturated heterocycles. The van der Waals surface area contributed by atoms with Gasteiger partial charge in [-0.1, -0.05) is 0 Å². The van der Waals surface area contributed by atoms with Crippen molar-refractivity contribution in [1.29, 1.82) is 0 Å². The number of rotatable bonds is 5. The first kappa shape index (κ1) is 15.8. The Morgan fingerprint density at radius 3 is 2.81 bits per heavy atom. The molecule has 21 heavy (non-hydrogen) atoms. The van der Waals surface area contributed by atoms with Crippen molar-refractivity contribution in [3.8, 4) is 0 Å². The van der Waals surface area contributed by atoms with Crippen LogP contribution in [0.3, 0.4) is 0 Å². The molecule has 0 radical (unpaired) electrons. The van der Waals surface area contributed by atoms with Crippen LogP contribution >= 0.6 is 0 Å². The Labute approximate surface area is 120 Å². The molecule has 1 amide bonds. The van der Waals surface area contributed by atoms with E-state index in [1.807, 2.05) is 0 Å². The number of ether oxygens (including phenoxy) is 1. The molecule has 0 atom stereocenters. The first-order chi connectivity index (χ1) is 9.88. The lowest BCUT2D eigenvalue weighted by atomic mass is 9.95. The molecular formula is C13H18F3N3O2. The van der Waals surface area contributed by atoms with Gasteiger partial charge in [0.1, 0.15) is 6.61 Å². The van der Waals surface area contributed by atoms with Gasteiger partial charge in [0.15, 0.2) is 5.69 Å². The molecule has 0 aromatic carbocycles. The zero-order valence-electron chi connectivity index (χ0n) is 11.8. The van der Waals surface area contributed by atoms with E-state index in [-0.39, 0.29) is 19.1 Å². The summed E-state index contributed by atoms with van der Waals surface area (Å²) in [4.78, 5) is 12.0. The zero-order valence-corrected chi connectivity index (χ0v) is 11.8. The van der Waals surface area contributed by atoms with E-state index in [4.69, 9.17) is 0 Å². The summed E-state index contributed by atoms with van der Waals surface area (Å²) in [5, 5.41) is 6.76. The van der Waals surface area contributed by atoms with Gasteiger partial charge in [0, 0.05) is 24.8 Å². The summed E-state index contributed by atoms with van der Waals surface area (Å²) in [6.45, 7) is -1.46. The average Bonchev–Trinajstić information content (AvgIpc) is 2.75. The van der Waals surface area contributed by atoms with Crippen LogP contribution in [-0.2, 0) is 24.6 Å². The Morgan fingerprint density at radius 2 is 2.10 bits per heavy atom. The second kappa shape index (κ2) is 6.46. The Kier molecular flexibility index (Phi) is 4.87. The number of hydrogen-bond acceptors (Lipinski definition) is 3. The molecule has 0 aliphatic heterocycles. The third kappa shape index (κ3) is 4.20. The normalized spacial score (nSPS) is 14.9. The lowest BCUT2D eigenvalue weighted by Crippen LogP contribution is -2.30. The summed E-state index contributed by atoms with van der Waals surface area (Å²) in [5.74, 6) is -0.357.